The molecule has 7 heteroatoms. The van der Waals surface area contributed by atoms with Crippen molar-refractivity contribution in [2.45, 2.75) is 19.4 Å². The molecular formula is C22H21N3O4. The van der Waals surface area contributed by atoms with Crippen LogP contribution in [0.3, 0.4) is 0 Å². The molecule has 0 saturated carbocycles. The van der Waals surface area contributed by atoms with E-state index in [-0.39, 0.29) is 12.3 Å². The Labute approximate surface area is 168 Å². The first kappa shape index (κ1) is 20.0. The minimum absolute atomic E-state index is 0.256. The van der Waals surface area contributed by atoms with Gasteiger partial charge in [-0.2, -0.15) is 0 Å². The summed E-state index contributed by atoms with van der Waals surface area (Å²) in [4.78, 5) is 32.7. The summed E-state index contributed by atoms with van der Waals surface area (Å²) < 4.78 is 10.5. The predicted molar refractivity (Wildman–Crippen MR) is 108 cm³/mol. The van der Waals surface area contributed by atoms with E-state index in [1.165, 1.54) is 14.0 Å². The van der Waals surface area contributed by atoms with Crippen LogP contribution in [-0.4, -0.2) is 35.1 Å². The number of hydrogen-bond donors (Lipinski definition) is 1. The fourth-order valence-corrected chi connectivity index (χ4v) is 2.84. The second-order valence-electron chi connectivity index (χ2n) is 6.29. The van der Waals surface area contributed by atoms with Gasteiger partial charge in [0.2, 0.25) is 5.88 Å². The molecule has 1 atom stereocenters. The van der Waals surface area contributed by atoms with Gasteiger partial charge in [0.25, 0.3) is 5.91 Å². The van der Waals surface area contributed by atoms with Crippen molar-refractivity contribution in [3.8, 4) is 17.0 Å². The summed E-state index contributed by atoms with van der Waals surface area (Å²) in [6, 6.07) is 14.8. The fraction of sp³-hybridized carbons (Fsp3) is 0.182. The van der Waals surface area contributed by atoms with Crippen LogP contribution in [-0.2, 0) is 20.7 Å². The number of esters is 1. The maximum atomic E-state index is 12.9. The van der Waals surface area contributed by atoms with Crippen LogP contribution in [0.1, 0.15) is 12.5 Å². The van der Waals surface area contributed by atoms with Gasteiger partial charge in [0.15, 0.2) is 6.10 Å². The topological polar surface area (TPSA) is 90.4 Å². The van der Waals surface area contributed by atoms with Crippen molar-refractivity contribution < 1.29 is 19.1 Å². The smallest absolute Gasteiger partial charge is 0.303 e. The predicted octanol–water partition coefficient (Wildman–Crippen LogP) is 3.27. The SMILES string of the molecule is COc1ncc(-c2ccncc2)cc1NC(=O)[C@@H](Cc1ccccc1)OC(C)=O. The van der Waals surface area contributed by atoms with Gasteiger partial charge in [-0.05, 0) is 29.3 Å². The Morgan fingerprint density at radius 2 is 1.79 bits per heavy atom. The van der Waals surface area contributed by atoms with Crippen LogP contribution >= 0.6 is 0 Å². The molecule has 2 heterocycles. The highest BCUT2D eigenvalue weighted by Crippen LogP contribution is 2.28. The number of ether oxygens (including phenoxy) is 2. The summed E-state index contributed by atoms with van der Waals surface area (Å²) >= 11 is 0. The molecule has 0 aliphatic rings. The minimum Gasteiger partial charge on any atom is -0.480 e. The number of nitrogens with zero attached hydrogens (tertiary/aromatic N) is 2. The average molecular weight is 391 g/mol. The van der Waals surface area contributed by atoms with Crippen LogP contribution < -0.4 is 10.1 Å². The summed E-state index contributed by atoms with van der Waals surface area (Å²) in [6.07, 6.45) is 4.27. The molecule has 7 nitrogen and oxygen atoms in total. The van der Waals surface area contributed by atoms with Gasteiger partial charge < -0.3 is 14.8 Å². The lowest BCUT2D eigenvalue weighted by Crippen LogP contribution is -2.34. The molecule has 3 aromatic rings. The van der Waals surface area contributed by atoms with Crippen LogP contribution in [0.4, 0.5) is 5.69 Å². The first-order valence-corrected chi connectivity index (χ1v) is 9.03. The lowest BCUT2D eigenvalue weighted by atomic mass is 10.1. The normalized spacial score (nSPS) is 11.4. The zero-order chi connectivity index (χ0) is 20.6. The molecule has 2 aromatic heterocycles. The molecular weight excluding hydrogens is 370 g/mol. The van der Waals surface area contributed by atoms with Crippen LogP contribution in [0.15, 0.2) is 67.1 Å². The van der Waals surface area contributed by atoms with E-state index in [1.54, 1.807) is 24.7 Å². The Morgan fingerprint density at radius 3 is 2.45 bits per heavy atom. The molecule has 0 unspecified atom stereocenters. The highest BCUT2D eigenvalue weighted by molar-refractivity contribution is 5.97. The van der Waals surface area contributed by atoms with E-state index >= 15 is 0 Å². The van der Waals surface area contributed by atoms with Crippen molar-refractivity contribution in [1.82, 2.24) is 9.97 Å². The number of amides is 1. The molecule has 0 radical (unpaired) electrons. The molecule has 148 valence electrons. The highest BCUT2D eigenvalue weighted by atomic mass is 16.5. The van der Waals surface area contributed by atoms with Crippen molar-refractivity contribution in [2.75, 3.05) is 12.4 Å². The van der Waals surface area contributed by atoms with Gasteiger partial charge >= 0.3 is 5.97 Å². The van der Waals surface area contributed by atoms with Crippen LogP contribution in [0, 0.1) is 0 Å². The van der Waals surface area contributed by atoms with Crippen molar-refractivity contribution in [3.05, 3.63) is 72.7 Å². The zero-order valence-electron chi connectivity index (χ0n) is 16.2. The first-order valence-electron chi connectivity index (χ1n) is 9.03. The van der Waals surface area contributed by atoms with E-state index in [1.807, 2.05) is 42.5 Å². The number of carbonyl (C=O) groups excluding carboxylic acids is 2. The summed E-state index contributed by atoms with van der Waals surface area (Å²) in [5.74, 6) is -0.731. The molecule has 0 aliphatic heterocycles. The average Bonchev–Trinajstić information content (AvgIpc) is 2.74. The summed E-state index contributed by atoms with van der Waals surface area (Å²) in [5.41, 5.74) is 2.95. The van der Waals surface area contributed by atoms with Crippen molar-refractivity contribution in [2.24, 2.45) is 0 Å². The van der Waals surface area contributed by atoms with E-state index in [0.29, 0.717) is 5.69 Å². The van der Waals surface area contributed by atoms with Gasteiger partial charge in [-0.15, -0.1) is 0 Å². The molecule has 29 heavy (non-hydrogen) atoms. The van der Waals surface area contributed by atoms with E-state index < -0.39 is 18.0 Å². The number of nitrogens with one attached hydrogen (secondary N) is 1. The van der Waals surface area contributed by atoms with Gasteiger partial charge in [-0.1, -0.05) is 30.3 Å². The number of hydrogen-bond acceptors (Lipinski definition) is 6. The van der Waals surface area contributed by atoms with Gasteiger partial charge in [0.05, 0.1) is 7.11 Å². The Balaban J connectivity index is 1.85. The molecule has 0 fully saturated rings. The zero-order valence-corrected chi connectivity index (χ0v) is 16.2. The standard InChI is InChI=1S/C22H21N3O4/c1-15(26)29-20(12-16-6-4-3-5-7-16)21(27)25-19-13-18(14-24-22(19)28-2)17-8-10-23-11-9-17/h3-11,13-14,20H,12H2,1-2H3,(H,25,27)/t20-/m1/s1. The quantitative estimate of drug-likeness (QED) is 0.622. The van der Waals surface area contributed by atoms with Crippen LogP contribution in [0.25, 0.3) is 11.1 Å². The molecule has 1 aromatic carbocycles. The van der Waals surface area contributed by atoms with Crippen LogP contribution in [0.2, 0.25) is 0 Å². The number of pyridine rings is 2. The number of benzene rings is 1. The second-order valence-corrected chi connectivity index (χ2v) is 6.29. The summed E-state index contributed by atoms with van der Waals surface area (Å²) in [6.45, 7) is 1.28. The first-order chi connectivity index (χ1) is 14.1. The molecule has 0 saturated heterocycles. The molecule has 0 aliphatic carbocycles. The number of rotatable bonds is 7. The monoisotopic (exact) mass is 391 g/mol. The molecule has 0 spiro atoms. The second kappa shape index (κ2) is 9.45. The molecule has 0 bridgehead atoms. The Morgan fingerprint density at radius 1 is 1.07 bits per heavy atom. The lowest BCUT2D eigenvalue weighted by Gasteiger charge is -2.18. The number of anilines is 1. The number of aromatic nitrogens is 2. The lowest BCUT2D eigenvalue weighted by molar-refractivity contribution is -0.151. The van der Waals surface area contributed by atoms with E-state index in [0.717, 1.165) is 16.7 Å². The van der Waals surface area contributed by atoms with Gasteiger partial charge in [0, 0.05) is 37.5 Å². The number of carbonyl (C=O) groups is 2. The summed E-state index contributed by atoms with van der Waals surface area (Å²) in [7, 11) is 1.47. The number of methoxy groups -OCH3 is 1. The van der Waals surface area contributed by atoms with Crippen molar-refractivity contribution in [1.29, 1.82) is 0 Å². The van der Waals surface area contributed by atoms with E-state index in [2.05, 4.69) is 15.3 Å². The molecule has 1 N–H and O–H groups in total. The maximum absolute atomic E-state index is 12.9. The third-order valence-corrected chi connectivity index (χ3v) is 4.18. The van der Waals surface area contributed by atoms with E-state index in [9.17, 15) is 9.59 Å². The Hall–Kier alpha value is -3.74. The van der Waals surface area contributed by atoms with Gasteiger partial charge in [0.1, 0.15) is 5.69 Å². The Bertz CT molecular complexity index is 978. The minimum atomic E-state index is -0.982. The van der Waals surface area contributed by atoms with Gasteiger partial charge in [-0.25, -0.2) is 4.98 Å². The van der Waals surface area contributed by atoms with E-state index in [4.69, 9.17) is 9.47 Å². The summed E-state index contributed by atoms with van der Waals surface area (Å²) in [5, 5.41) is 2.78. The third kappa shape index (κ3) is 5.38. The third-order valence-electron chi connectivity index (χ3n) is 4.18. The largest absolute Gasteiger partial charge is 0.480 e. The molecule has 1 amide bonds. The van der Waals surface area contributed by atoms with Crippen molar-refractivity contribution >= 4 is 17.6 Å². The maximum Gasteiger partial charge on any atom is 0.303 e. The van der Waals surface area contributed by atoms with Crippen molar-refractivity contribution in [3.63, 3.8) is 0 Å². The Kier molecular flexibility index (Phi) is 6.52. The molecule has 3 rings (SSSR count). The highest BCUT2D eigenvalue weighted by Gasteiger charge is 2.24. The fourth-order valence-electron chi connectivity index (χ4n) is 2.84. The van der Waals surface area contributed by atoms with Gasteiger partial charge in [-0.3, -0.25) is 14.6 Å². The van der Waals surface area contributed by atoms with Crippen LogP contribution in [0.5, 0.6) is 5.88 Å².